The van der Waals surface area contributed by atoms with Crippen LogP contribution in [0.4, 0.5) is 8.78 Å². The molecule has 1 heterocycles. The first-order valence-corrected chi connectivity index (χ1v) is 6.62. The molecule has 1 aliphatic rings. The van der Waals surface area contributed by atoms with Crippen molar-refractivity contribution < 1.29 is 18.3 Å². The Balaban J connectivity index is 1.87. The maximum absolute atomic E-state index is 13.5. The molecule has 1 aliphatic heterocycles. The molecule has 0 spiro atoms. The highest BCUT2D eigenvalue weighted by molar-refractivity contribution is 5.81. The molecule has 6 heteroatoms. The molecule has 0 aromatic heterocycles. The number of amides is 1. The number of morpholine rings is 1. The zero-order chi connectivity index (χ0) is 14.5. The molecule has 1 unspecified atom stereocenters. The van der Waals surface area contributed by atoms with Gasteiger partial charge in [0.2, 0.25) is 5.91 Å². The van der Waals surface area contributed by atoms with Crippen LogP contribution in [0.2, 0.25) is 0 Å². The van der Waals surface area contributed by atoms with E-state index >= 15 is 0 Å². The van der Waals surface area contributed by atoms with Crippen LogP contribution < -0.4 is 5.32 Å². The lowest BCUT2D eigenvalue weighted by Crippen LogP contribution is -2.49. The summed E-state index contributed by atoms with van der Waals surface area (Å²) in [7, 11) is 0. The van der Waals surface area contributed by atoms with E-state index in [0.29, 0.717) is 31.9 Å². The van der Waals surface area contributed by atoms with Crippen LogP contribution in [0.25, 0.3) is 0 Å². The van der Waals surface area contributed by atoms with Gasteiger partial charge in [-0.25, -0.2) is 8.78 Å². The molecule has 20 heavy (non-hydrogen) atoms. The van der Waals surface area contributed by atoms with Gasteiger partial charge in [0.1, 0.15) is 11.6 Å². The summed E-state index contributed by atoms with van der Waals surface area (Å²) < 4.78 is 31.4. The second-order valence-electron chi connectivity index (χ2n) is 4.78. The van der Waals surface area contributed by atoms with Crippen LogP contribution in [0.5, 0.6) is 0 Å². The number of halogens is 2. The number of hydrogen-bond donors (Lipinski definition) is 1. The Labute approximate surface area is 116 Å². The second kappa shape index (κ2) is 6.76. The van der Waals surface area contributed by atoms with E-state index in [0.717, 1.165) is 6.07 Å². The van der Waals surface area contributed by atoms with Crippen LogP contribution in [-0.4, -0.2) is 43.2 Å². The van der Waals surface area contributed by atoms with E-state index in [-0.39, 0.29) is 12.5 Å². The van der Waals surface area contributed by atoms with Gasteiger partial charge in [-0.3, -0.25) is 4.79 Å². The largest absolute Gasteiger partial charge is 0.378 e. The van der Waals surface area contributed by atoms with Gasteiger partial charge in [0.05, 0.1) is 19.3 Å². The maximum Gasteiger partial charge on any atom is 0.239 e. The van der Waals surface area contributed by atoms with E-state index < -0.39 is 17.7 Å². The first-order valence-electron chi connectivity index (χ1n) is 6.62. The molecule has 0 radical (unpaired) electrons. The summed E-state index contributed by atoms with van der Waals surface area (Å²) in [5.74, 6) is -1.25. The summed E-state index contributed by atoms with van der Waals surface area (Å²) in [6.07, 6.45) is 0. The standard InChI is InChI=1S/C14H18F2N2O2/c1-10(14(19)18-4-6-20-7-5-18)17-9-11-2-3-12(15)8-13(11)16/h2-3,8,10,17H,4-7,9H2,1H3. The van der Waals surface area contributed by atoms with Crippen molar-refractivity contribution in [3.05, 3.63) is 35.4 Å². The summed E-state index contributed by atoms with van der Waals surface area (Å²) in [4.78, 5) is 13.8. The van der Waals surface area contributed by atoms with Crippen LogP contribution >= 0.6 is 0 Å². The lowest BCUT2D eigenvalue weighted by Gasteiger charge is -2.29. The first kappa shape index (κ1) is 14.9. The van der Waals surface area contributed by atoms with Crippen molar-refractivity contribution in [3.63, 3.8) is 0 Å². The molecule has 2 rings (SSSR count). The third-order valence-corrected chi connectivity index (χ3v) is 3.31. The SMILES string of the molecule is CC(NCc1ccc(F)cc1F)C(=O)N1CCOCC1. The van der Waals surface area contributed by atoms with Crippen molar-refractivity contribution in [2.24, 2.45) is 0 Å². The van der Waals surface area contributed by atoms with E-state index in [2.05, 4.69) is 5.32 Å². The predicted octanol–water partition coefficient (Wildman–Crippen LogP) is 1.30. The summed E-state index contributed by atoms with van der Waals surface area (Å²) in [5.41, 5.74) is 0.341. The average Bonchev–Trinajstić information content (AvgIpc) is 2.46. The maximum atomic E-state index is 13.5. The lowest BCUT2D eigenvalue weighted by atomic mass is 10.2. The molecule has 1 N–H and O–H groups in total. The zero-order valence-corrected chi connectivity index (χ0v) is 11.4. The Bertz CT molecular complexity index is 476. The van der Waals surface area contributed by atoms with Gasteiger partial charge in [0.25, 0.3) is 0 Å². The van der Waals surface area contributed by atoms with E-state index in [1.165, 1.54) is 12.1 Å². The minimum Gasteiger partial charge on any atom is -0.378 e. The van der Waals surface area contributed by atoms with E-state index in [4.69, 9.17) is 4.74 Å². The van der Waals surface area contributed by atoms with Crippen LogP contribution in [-0.2, 0) is 16.1 Å². The van der Waals surface area contributed by atoms with Crippen molar-refractivity contribution >= 4 is 5.91 Å². The second-order valence-corrected chi connectivity index (χ2v) is 4.78. The molecule has 0 bridgehead atoms. The molecule has 0 aliphatic carbocycles. The van der Waals surface area contributed by atoms with Crippen molar-refractivity contribution in [1.82, 2.24) is 10.2 Å². The molecule has 1 aromatic carbocycles. The van der Waals surface area contributed by atoms with Crippen LogP contribution in [0.3, 0.4) is 0 Å². The summed E-state index contributed by atoms with van der Waals surface area (Å²) >= 11 is 0. The van der Waals surface area contributed by atoms with E-state index in [1.54, 1.807) is 11.8 Å². The number of nitrogens with zero attached hydrogens (tertiary/aromatic N) is 1. The Kier molecular flexibility index (Phi) is 5.03. The Morgan fingerprint density at radius 2 is 2.10 bits per heavy atom. The van der Waals surface area contributed by atoms with Gasteiger partial charge >= 0.3 is 0 Å². The van der Waals surface area contributed by atoms with Crippen molar-refractivity contribution in [2.75, 3.05) is 26.3 Å². The molecule has 1 fully saturated rings. The molecule has 110 valence electrons. The Hall–Kier alpha value is -1.53. The fraction of sp³-hybridized carbons (Fsp3) is 0.500. The quantitative estimate of drug-likeness (QED) is 0.906. The molecule has 1 aromatic rings. The smallest absolute Gasteiger partial charge is 0.239 e. The Morgan fingerprint density at radius 3 is 2.75 bits per heavy atom. The van der Waals surface area contributed by atoms with Gasteiger partial charge in [0, 0.05) is 31.3 Å². The van der Waals surface area contributed by atoms with Gasteiger partial charge in [-0.2, -0.15) is 0 Å². The number of rotatable bonds is 4. The van der Waals surface area contributed by atoms with Crippen molar-refractivity contribution in [2.45, 2.75) is 19.5 Å². The fourth-order valence-corrected chi connectivity index (χ4v) is 2.07. The van der Waals surface area contributed by atoms with Gasteiger partial charge in [-0.05, 0) is 13.0 Å². The topological polar surface area (TPSA) is 41.6 Å². The molecule has 1 atom stereocenters. The van der Waals surface area contributed by atoms with E-state index in [1.807, 2.05) is 0 Å². The number of carbonyl (C=O) groups is 1. The van der Waals surface area contributed by atoms with Crippen molar-refractivity contribution in [1.29, 1.82) is 0 Å². The first-order chi connectivity index (χ1) is 9.58. The molecular formula is C14H18F2N2O2. The van der Waals surface area contributed by atoms with Gasteiger partial charge < -0.3 is 15.0 Å². The van der Waals surface area contributed by atoms with Crippen molar-refractivity contribution in [3.8, 4) is 0 Å². The number of benzene rings is 1. The molecule has 1 amide bonds. The minimum absolute atomic E-state index is 0.0316. The highest BCUT2D eigenvalue weighted by Crippen LogP contribution is 2.10. The summed E-state index contributed by atoms with van der Waals surface area (Å²) in [6, 6.07) is 3.00. The van der Waals surface area contributed by atoms with Gasteiger partial charge in [0.15, 0.2) is 0 Å². The highest BCUT2D eigenvalue weighted by atomic mass is 19.1. The lowest BCUT2D eigenvalue weighted by molar-refractivity contribution is -0.137. The molecule has 1 saturated heterocycles. The normalized spacial score (nSPS) is 17.1. The predicted molar refractivity (Wildman–Crippen MR) is 70.1 cm³/mol. The van der Waals surface area contributed by atoms with Crippen LogP contribution in [0.15, 0.2) is 18.2 Å². The zero-order valence-electron chi connectivity index (χ0n) is 11.4. The molecule has 4 nitrogen and oxygen atoms in total. The highest BCUT2D eigenvalue weighted by Gasteiger charge is 2.22. The minimum atomic E-state index is -0.608. The number of nitrogens with one attached hydrogen (secondary N) is 1. The summed E-state index contributed by atoms with van der Waals surface area (Å²) in [5, 5.41) is 2.96. The van der Waals surface area contributed by atoms with Crippen LogP contribution in [0.1, 0.15) is 12.5 Å². The summed E-state index contributed by atoms with van der Waals surface area (Å²) in [6.45, 7) is 4.17. The number of hydrogen-bond acceptors (Lipinski definition) is 3. The molecular weight excluding hydrogens is 266 g/mol. The van der Waals surface area contributed by atoms with E-state index in [9.17, 15) is 13.6 Å². The fourth-order valence-electron chi connectivity index (χ4n) is 2.07. The third-order valence-electron chi connectivity index (χ3n) is 3.31. The van der Waals surface area contributed by atoms with Gasteiger partial charge in [-0.15, -0.1) is 0 Å². The van der Waals surface area contributed by atoms with Crippen LogP contribution in [0, 0.1) is 11.6 Å². The average molecular weight is 284 g/mol. The molecule has 0 saturated carbocycles. The Morgan fingerprint density at radius 1 is 1.40 bits per heavy atom. The monoisotopic (exact) mass is 284 g/mol. The number of ether oxygens (including phenoxy) is 1. The third kappa shape index (κ3) is 3.74. The van der Waals surface area contributed by atoms with Gasteiger partial charge in [-0.1, -0.05) is 6.07 Å². The number of carbonyl (C=O) groups excluding carboxylic acids is 1.